The van der Waals surface area contributed by atoms with Crippen molar-refractivity contribution in [1.82, 2.24) is 24.9 Å². The van der Waals surface area contributed by atoms with E-state index in [4.69, 9.17) is 9.47 Å². The third-order valence-corrected chi connectivity index (χ3v) is 5.85. The van der Waals surface area contributed by atoms with Gasteiger partial charge in [-0.25, -0.2) is 9.78 Å². The van der Waals surface area contributed by atoms with Crippen LogP contribution < -0.4 is 15.4 Å². The highest BCUT2D eigenvalue weighted by atomic mass is 19.4. The third kappa shape index (κ3) is 5.10. The number of carbonyl (C=O) groups is 1. The number of carbonyl (C=O) groups excluding carboxylic acids is 1. The van der Waals surface area contributed by atoms with Crippen LogP contribution in [0.1, 0.15) is 49.9 Å². The van der Waals surface area contributed by atoms with Gasteiger partial charge in [0.05, 0.1) is 23.7 Å². The Hall–Kier alpha value is -3.31. The number of nitrogens with zero attached hydrogens (tertiary/aromatic N) is 4. The smallest absolute Gasteiger partial charge is 0.420 e. The van der Waals surface area contributed by atoms with Gasteiger partial charge in [0.15, 0.2) is 5.82 Å². The lowest BCUT2D eigenvalue weighted by Gasteiger charge is -2.15. The number of benzene rings is 1. The largest absolute Gasteiger partial charge is 0.496 e. The predicted octanol–water partition coefficient (Wildman–Crippen LogP) is 4.47. The average molecular weight is 480 g/mol. The molecule has 0 aliphatic heterocycles. The van der Waals surface area contributed by atoms with E-state index in [1.807, 2.05) is 0 Å². The van der Waals surface area contributed by atoms with Crippen LogP contribution >= 0.6 is 0 Å². The fraction of sp³-hybridized carbons (Fsp3) is 0.545. The summed E-state index contributed by atoms with van der Waals surface area (Å²) in [5.74, 6) is 0.538. The number of nitrogens with one attached hydrogen (secondary N) is 2. The first kappa shape index (κ1) is 23.8. The van der Waals surface area contributed by atoms with Crippen molar-refractivity contribution >= 4 is 28.6 Å². The minimum atomic E-state index is -4.58. The van der Waals surface area contributed by atoms with Crippen molar-refractivity contribution in [3.8, 4) is 5.75 Å². The van der Waals surface area contributed by atoms with Crippen molar-refractivity contribution in [3.63, 3.8) is 0 Å². The maximum absolute atomic E-state index is 13.5. The molecule has 0 radical (unpaired) electrons. The first-order valence-electron chi connectivity index (χ1n) is 11.3. The van der Waals surface area contributed by atoms with E-state index in [0.717, 1.165) is 38.2 Å². The number of halogens is 3. The van der Waals surface area contributed by atoms with Gasteiger partial charge in [-0.15, -0.1) is 10.2 Å². The topological polar surface area (TPSA) is 103 Å². The van der Waals surface area contributed by atoms with Gasteiger partial charge in [-0.1, -0.05) is 0 Å². The summed E-state index contributed by atoms with van der Waals surface area (Å²) in [7, 11) is 1.19. The molecular formula is C22H27F3N6O3. The number of unbranched alkanes of at least 4 members (excludes halogenated alkanes) is 1. The van der Waals surface area contributed by atoms with E-state index in [1.165, 1.54) is 13.2 Å². The molecule has 0 unspecified atom stereocenters. The number of fused-ring (bicyclic) bond motifs is 3. The molecular weight excluding hydrogens is 453 g/mol. The van der Waals surface area contributed by atoms with Crippen molar-refractivity contribution in [2.24, 2.45) is 0 Å². The first-order valence-corrected chi connectivity index (χ1v) is 11.3. The fourth-order valence-electron chi connectivity index (χ4n) is 4.16. The Morgan fingerprint density at radius 1 is 1.18 bits per heavy atom. The summed E-state index contributed by atoms with van der Waals surface area (Å²) in [5.41, 5.74) is 0.000139. The molecule has 0 spiro atoms. The molecule has 9 nitrogen and oxygen atoms in total. The van der Waals surface area contributed by atoms with E-state index >= 15 is 0 Å². The maximum atomic E-state index is 13.5. The summed E-state index contributed by atoms with van der Waals surface area (Å²) < 4.78 is 52.4. The Kier molecular flexibility index (Phi) is 6.94. The molecule has 1 saturated carbocycles. The number of alkyl halides is 3. The van der Waals surface area contributed by atoms with Gasteiger partial charge < -0.3 is 20.1 Å². The number of alkyl carbamates (subject to hydrolysis) is 1. The number of amides is 1. The summed E-state index contributed by atoms with van der Waals surface area (Å²) in [6.45, 7) is 2.67. The molecule has 1 amide bonds. The van der Waals surface area contributed by atoms with E-state index in [2.05, 4.69) is 25.8 Å². The summed E-state index contributed by atoms with van der Waals surface area (Å²) in [6, 6.07) is 2.27. The molecule has 0 saturated heterocycles. The number of hydrogen-bond acceptors (Lipinski definition) is 7. The lowest BCUT2D eigenvalue weighted by atomic mass is 10.1. The number of hydrogen-bond donors (Lipinski definition) is 2. The Morgan fingerprint density at radius 3 is 2.62 bits per heavy atom. The highest BCUT2D eigenvalue weighted by molar-refractivity contribution is 5.85. The van der Waals surface area contributed by atoms with Gasteiger partial charge in [-0.2, -0.15) is 13.2 Å². The molecule has 2 N–H and O–H groups in total. The van der Waals surface area contributed by atoms with Crippen molar-refractivity contribution in [1.29, 1.82) is 0 Å². The van der Waals surface area contributed by atoms with Crippen LogP contribution in [0.3, 0.4) is 0 Å². The molecule has 12 heteroatoms. The normalized spacial score (nSPS) is 14.6. The van der Waals surface area contributed by atoms with Crippen molar-refractivity contribution in [2.45, 2.75) is 57.7 Å². The second kappa shape index (κ2) is 9.90. The minimum absolute atomic E-state index is 0.0282. The Labute approximate surface area is 194 Å². The molecule has 1 aliphatic rings. The molecule has 0 bridgehead atoms. The monoisotopic (exact) mass is 480 g/mol. The van der Waals surface area contributed by atoms with Crippen LogP contribution in [0.5, 0.6) is 5.75 Å². The van der Waals surface area contributed by atoms with E-state index in [0.29, 0.717) is 42.3 Å². The Balaban J connectivity index is 1.42. The highest BCUT2D eigenvalue weighted by Crippen LogP contribution is 2.39. The van der Waals surface area contributed by atoms with E-state index in [9.17, 15) is 18.0 Å². The quantitative estimate of drug-likeness (QED) is 0.459. The molecule has 3 aromatic rings. The highest BCUT2D eigenvalue weighted by Gasteiger charge is 2.35. The van der Waals surface area contributed by atoms with Crippen LogP contribution in [-0.2, 0) is 10.9 Å². The second-order valence-electron chi connectivity index (χ2n) is 8.28. The Bertz CT molecular complexity index is 1170. The van der Waals surface area contributed by atoms with Gasteiger partial charge in [-0.3, -0.25) is 4.40 Å². The van der Waals surface area contributed by atoms with Crippen LogP contribution in [0.15, 0.2) is 12.1 Å². The van der Waals surface area contributed by atoms with Gasteiger partial charge in [0.25, 0.3) is 0 Å². The van der Waals surface area contributed by atoms with Crippen LogP contribution in [0.4, 0.5) is 23.8 Å². The molecule has 184 valence electrons. The lowest BCUT2D eigenvalue weighted by molar-refractivity contribution is -0.138. The molecule has 1 aliphatic carbocycles. The van der Waals surface area contributed by atoms with E-state index in [1.54, 1.807) is 11.3 Å². The molecule has 1 fully saturated rings. The van der Waals surface area contributed by atoms with E-state index < -0.39 is 11.7 Å². The molecule has 34 heavy (non-hydrogen) atoms. The molecule has 0 atom stereocenters. The van der Waals surface area contributed by atoms with Crippen LogP contribution in [0, 0.1) is 6.92 Å². The number of rotatable bonds is 8. The number of methoxy groups -OCH3 is 1. The lowest BCUT2D eigenvalue weighted by Crippen LogP contribution is -2.28. The van der Waals surface area contributed by atoms with Gasteiger partial charge in [0.2, 0.25) is 5.65 Å². The van der Waals surface area contributed by atoms with Crippen molar-refractivity contribution in [2.75, 3.05) is 25.5 Å². The zero-order valence-electron chi connectivity index (χ0n) is 19.0. The van der Waals surface area contributed by atoms with Gasteiger partial charge >= 0.3 is 12.3 Å². The number of anilines is 1. The fourth-order valence-corrected chi connectivity index (χ4v) is 4.16. The second-order valence-corrected chi connectivity index (χ2v) is 8.28. The third-order valence-electron chi connectivity index (χ3n) is 5.85. The number of ether oxygens (including phenoxy) is 2. The summed E-state index contributed by atoms with van der Waals surface area (Å²) in [5, 5.41) is 14.1. The summed E-state index contributed by atoms with van der Waals surface area (Å²) in [4.78, 5) is 16.3. The van der Waals surface area contributed by atoms with Gasteiger partial charge in [0.1, 0.15) is 17.7 Å². The maximum Gasteiger partial charge on any atom is 0.420 e. The Morgan fingerprint density at radius 2 is 1.91 bits per heavy atom. The molecule has 1 aromatic carbocycles. The molecule has 4 rings (SSSR count). The number of aryl methyl sites for hydroxylation is 1. The van der Waals surface area contributed by atoms with Crippen molar-refractivity contribution in [3.05, 3.63) is 23.5 Å². The van der Waals surface area contributed by atoms with Gasteiger partial charge in [0, 0.05) is 19.2 Å². The van der Waals surface area contributed by atoms with E-state index in [-0.39, 0.29) is 23.5 Å². The summed E-state index contributed by atoms with van der Waals surface area (Å²) in [6.07, 6.45) is 0.547. The first-order chi connectivity index (χ1) is 16.3. The van der Waals surface area contributed by atoms with Crippen molar-refractivity contribution < 1.29 is 27.4 Å². The molecule has 2 aromatic heterocycles. The van der Waals surface area contributed by atoms with Crippen LogP contribution in [-0.4, -0.2) is 52.0 Å². The zero-order valence-corrected chi connectivity index (χ0v) is 19.0. The zero-order chi connectivity index (χ0) is 24.3. The summed E-state index contributed by atoms with van der Waals surface area (Å²) >= 11 is 0. The van der Waals surface area contributed by atoms with Gasteiger partial charge in [-0.05, 0) is 51.5 Å². The predicted molar refractivity (Wildman–Crippen MR) is 119 cm³/mol. The standard InChI is InChI=1S/C22H27F3N6O3/c1-13-29-30-20-19(26-9-5-6-10-27-21(32)34-14-7-3-4-8-14)28-16-12-18(33-2)15(22(23,24)25)11-17(16)31(13)20/h11-12,14H,3-10H2,1-2H3,(H,26,28)(H,27,32). The average Bonchev–Trinajstić information content (AvgIpc) is 3.44. The number of aromatic nitrogens is 4. The van der Waals surface area contributed by atoms with Crippen LogP contribution in [0.2, 0.25) is 0 Å². The SMILES string of the molecule is COc1cc2nc(NCCCCNC(=O)OC3CCCC3)c3nnc(C)n3c2cc1C(F)(F)F. The van der Waals surface area contributed by atoms with Crippen LogP contribution in [0.25, 0.3) is 16.7 Å². The minimum Gasteiger partial charge on any atom is -0.496 e. The molecule has 2 heterocycles.